The Hall–Kier alpha value is -1.82. The van der Waals surface area contributed by atoms with Crippen LogP contribution in [0, 0.1) is 24.7 Å². The molecule has 0 nitrogen and oxygen atoms in total. The van der Waals surface area contributed by atoms with Crippen molar-refractivity contribution in [1.82, 2.24) is 0 Å². The molecule has 3 unspecified atom stereocenters. The maximum absolute atomic E-state index is 2.55. The van der Waals surface area contributed by atoms with Crippen molar-refractivity contribution >= 4 is 5.57 Å². The van der Waals surface area contributed by atoms with Crippen LogP contribution in [0.25, 0.3) is 5.57 Å². The summed E-state index contributed by atoms with van der Waals surface area (Å²) in [4.78, 5) is 0. The van der Waals surface area contributed by atoms with Gasteiger partial charge in [-0.05, 0) is 97.8 Å². The van der Waals surface area contributed by atoms with Gasteiger partial charge in [0.25, 0.3) is 0 Å². The third-order valence-corrected chi connectivity index (χ3v) is 8.17. The smallest absolute Gasteiger partial charge is 0.00986 e. The zero-order valence-electron chi connectivity index (χ0n) is 21.8. The lowest BCUT2D eigenvalue weighted by atomic mass is 9.76. The lowest BCUT2D eigenvalue weighted by molar-refractivity contribution is 0.363. The Morgan fingerprint density at radius 3 is 2.41 bits per heavy atom. The summed E-state index contributed by atoms with van der Waals surface area (Å²) in [6.45, 7) is 16.7. The molecule has 0 amide bonds. The first-order chi connectivity index (χ1) is 15.4. The number of aryl methyl sites for hydroxylation is 1. The predicted octanol–water partition coefficient (Wildman–Crippen LogP) is 9.97. The van der Waals surface area contributed by atoms with E-state index >= 15 is 0 Å². The number of benzene rings is 1. The fourth-order valence-corrected chi connectivity index (χ4v) is 6.15. The summed E-state index contributed by atoms with van der Waals surface area (Å²) in [5, 5.41) is 0. The van der Waals surface area contributed by atoms with Crippen LogP contribution in [0.1, 0.15) is 109 Å². The molecule has 0 heteroatoms. The Kier molecular flexibility index (Phi) is 8.80. The Morgan fingerprint density at radius 2 is 1.75 bits per heavy atom. The number of hydrogen-bond donors (Lipinski definition) is 0. The highest BCUT2D eigenvalue weighted by molar-refractivity contribution is 5.74. The summed E-state index contributed by atoms with van der Waals surface area (Å²) in [5.41, 5.74) is 11.1. The molecule has 174 valence electrons. The molecule has 0 radical (unpaired) electrons. The fraction of sp³-hybridized carbons (Fsp3) is 0.562. The Morgan fingerprint density at radius 1 is 1.00 bits per heavy atom. The molecule has 0 heterocycles. The Balaban J connectivity index is 2.22. The lowest BCUT2D eigenvalue weighted by Crippen LogP contribution is -2.17. The van der Waals surface area contributed by atoms with Crippen molar-refractivity contribution in [3.8, 4) is 0 Å². The fourth-order valence-electron chi connectivity index (χ4n) is 6.15. The largest absolute Gasteiger partial charge is 0.0805 e. The first-order valence-electron chi connectivity index (χ1n) is 13.3. The van der Waals surface area contributed by atoms with Gasteiger partial charge in [-0.2, -0.15) is 0 Å². The maximum Gasteiger partial charge on any atom is -0.00986 e. The molecule has 1 aromatic carbocycles. The molecule has 0 saturated heterocycles. The molecule has 1 aromatic rings. The van der Waals surface area contributed by atoms with Crippen LogP contribution < -0.4 is 0 Å². The summed E-state index contributed by atoms with van der Waals surface area (Å²) < 4.78 is 0. The van der Waals surface area contributed by atoms with E-state index in [4.69, 9.17) is 0 Å². The first kappa shape index (κ1) is 24.8. The van der Waals surface area contributed by atoms with Crippen molar-refractivity contribution in [3.63, 3.8) is 0 Å². The lowest BCUT2D eigenvalue weighted by Gasteiger charge is -2.29. The second kappa shape index (κ2) is 11.4. The number of allylic oxidation sites excluding steroid dienone is 8. The average molecular weight is 431 g/mol. The molecular formula is C32H46. The van der Waals surface area contributed by atoms with Gasteiger partial charge in [0.2, 0.25) is 0 Å². The van der Waals surface area contributed by atoms with E-state index in [1.807, 2.05) is 0 Å². The zero-order valence-corrected chi connectivity index (χ0v) is 21.8. The van der Waals surface area contributed by atoms with Crippen LogP contribution in [0.4, 0.5) is 0 Å². The van der Waals surface area contributed by atoms with Crippen molar-refractivity contribution in [1.29, 1.82) is 0 Å². The van der Waals surface area contributed by atoms with Gasteiger partial charge in [0.05, 0.1) is 0 Å². The van der Waals surface area contributed by atoms with Crippen molar-refractivity contribution in [2.24, 2.45) is 17.8 Å². The van der Waals surface area contributed by atoms with E-state index in [-0.39, 0.29) is 0 Å². The second-order valence-corrected chi connectivity index (χ2v) is 10.4. The van der Waals surface area contributed by atoms with Crippen LogP contribution >= 0.6 is 0 Å². The van der Waals surface area contributed by atoms with E-state index in [0.29, 0.717) is 23.7 Å². The molecule has 0 fully saturated rings. The number of fused-ring (bicyclic) bond motifs is 1. The molecule has 0 bridgehead atoms. The summed E-state index contributed by atoms with van der Waals surface area (Å²) >= 11 is 0. The summed E-state index contributed by atoms with van der Waals surface area (Å²) in [6, 6.07) is 7.28. The van der Waals surface area contributed by atoms with Crippen LogP contribution in [-0.2, 0) is 0 Å². The van der Waals surface area contributed by atoms with E-state index in [9.17, 15) is 0 Å². The minimum Gasteiger partial charge on any atom is -0.0805 e. The molecule has 0 aromatic heterocycles. The molecule has 0 spiro atoms. The monoisotopic (exact) mass is 430 g/mol. The van der Waals surface area contributed by atoms with Gasteiger partial charge in [-0.25, -0.2) is 0 Å². The highest BCUT2D eigenvalue weighted by Gasteiger charge is 2.30. The normalized spacial score (nSPS) is 24.3. The molecule has 2 aliphatic rings. The predicted molar refractivity (Wildman–Crippen MR) is 143 cm³/mol. The van der Waals surface area contributed by atoms with Gasteiger partial charge in [-0.15, -0.1) is 0 Å². The third kappa shape index (κ3) is 5.38. The molecule has 2 aliphatic carbocycles. The minimum absolute atomic E-state index is 0.584. The average Bonchev–Trinajstić information content (AvgIpc) is 3.02. The van der Waals surface area contributed by atoms with Crippen LogP contribution in [0.3, 0.4) is 0 Å². The summed E-state index contributed by atoms with van der Waals surface area (Å²) in [7, 11) is 0. The summed E-state index contributed by atoms with van der Waals surface area (Å²) in [5.74, 6) is 2.49. The highest BCUT2D eigenvalue weighted by Crippen LogP contribution is 2.45. The molecule has 0 aliphatic heterocycles. The molecule has 32 heavy (non-hydrogen) atoms. The van der Waals surface area contributed by atoms with Gasteiger partial charge in [-0.3, -0.25) is 0 Å². The molecule has 3 atom stereocenters. The topological polar surface area (TPSA) is 0 Å². The zero-order chi connectivity index (χ0) is 23.3. The molecular weight excluding hydrogens is 384 g/mol. The van der Waals surface area contributed by atoms with Gasteiger partial charge in [-0.1, -0.05) is 101 Å². The third-order valence-electron chi connectivity index (χ3n) is 8.17. The first-order valence-corrected chi connectivity index (χ1v) is 13.3. The van der Waals surface area contributed by atoms with Crippen molar-refractivity contribution in [2.45, 2.75) is 99.3 Å². The van der Waals surface area contributed by atoms with E-state index in [1.54, 1.807) is 33.4 Å². The summed E-state index contributed by atoms with van der Waals surface area (Å²) in [6.07, 6.45) is 17.9. The standard InChI is InChI=1S/C32H46/c1-8-25-14-12-13-15-28(20-25)30-21-27(11-4)32(26(9-2)10-3)31-18-22(5)16-17-29(31)23(6)19-24(30)7/h12-13,15-18,20,23-24,26,30H,8-11,14,19,21H2,1-7H3. The van der Waals surface area contributed by atoms with Crippen molar-refractivity contribution in [3.05, 3.63) is 75.9 Å². The van der Waals surface area contributed by atoms with E-state index in [0.717, 1.165) is 19.3 Å². The van der Waals surface area contributed by atoms with Gasteiger partial charge in [0, 0.05) is 0 Å². The van der Waals surface area contributed by atoms with Crippen LogP contribution in [0.5, 0.6) is 0 Å². The van der Waals surface area contributed by atoms with Crippen molar-refractivity contribution < 1.29 is 0 Å². The van der Waals surface area contributed by atoms with Gasteiger partial charge < -0.3 is 0 Å². The Bertz CT molecular complexity index is 900. The van der Waals surface area contributed by atoms with Gasteiger partial charge in [0.1, 0.15) is 0 Å². The molecule has 0 saturated carbocycles. The number of rotatable bonds is 6. The van der Waals surface area contributed by atoms with Crippen LogP contribution in [-0.4, -0.2) is 0 Å². The molecule has 0 N–H and O–H groups in total. The minimum atomic E-state index is 0.584. The van der Waals surface area contributed by atoms with Crippen LogP contribution in [0.15, 0.2) is 59.2 Å². The van der Waals surface area contributed by atoms with Gasteiger partial charge in [0.15, 0.2) is 0 Å². The SMILES string of the molecule is CCC1=CC(C2CC(CC)=C(C(CC)CC)c3cc(C)ccc3C(C)CC2C)=CC=CC1. The maximum atomic E-state index is 2.55. The van der Waals surface area contributed by atoms with E-state index < -0.39 is 0 Å². The van der Waals surface area contributed by atoms with E-state index in [2.05, 4.69) is 91.0 Å². The van der Waals surface area contributed by atoms with Gasteiger partial charge >= 0.3 is 0 Å². The second-order valence-electron chi connectivity index (χ2n) is 10.4. The van der Waals surface area contributed by atoms with Crippen molar-refractivity contribution in [2.75, 3.05) is 0 Å². The Labute approximate surface area is 198 Å². The van der Waals surface area contributed by atoms with Crippen LogP contribution in [0.2, 0.25) is 0 Å². The quantitative estimate of drug-likeness (QED) is 0.421. The number of hydrogen-bond acceptors (Lipinski definition) is 0. The molecule has 3 rings (SSSR count). The highest BCUT2D eigenvalue weighted by atomic mass is 14.3. The van der Waals surface area contributed by atoms with E-state index in [1.165, 1.54) is 31.2 Å².